The number of rotatable bonds is 6. The van der Waals surface area contributed by atoms with Gasteiger partial charge in [-0.15, -0.1) is 0 Å². The number of hydrogen-bond acceptors (Lipinski definition) is 7. The van der Waals surface area contributed by atoms with Crippen LogP contribution in [0.2, 0.25) is 0 Å². The highest BCUT2D eigenvalue weighted by molar-refractivity contribution is 7.99. The highest BCUT2D eigenvalue weighted by Crippen LogP contribution is 2.26. The molecule has 10 heteroatoms. The molecular formula is C22H28FN3O5S. The molecule has 2 fully saturated rings. The van der Waals surface area contributed by atoms with Crippen molar-refractivity contribution in [3.05, 3.63) is 34.1 Å². The second-order valence-electron chi connectivity index (χ2n) is 8.15. The van der Waals surface area contributed by atoms with E-state index in [4.69, 9.17) is 14.2 Å². The van der Waals surface area contributed by atoms with Gasteiger partial charge in [0.1, 0.15) is 22.8 Å². The number of amides is 1. The fourth-order valence-electron chi connectivity index (χ4n) is 4.06. The number of methoxy groups -OCH3 is 1. The molecule has 0 saturated carbocycles. The van der Waals surface area contributed by atoms with Gasteiger partial charge in [0, 0.05) is 43.7 Å². The second-order valence-corrected chi connectivity index (χ2v) is 9.43. The van der Waals surface area contributed by atoms with Gasteiger partial charge in [-0.3, -0.25) is 4.79 Å². The zero-order valence-electron chi connectivity index (χ0n) is 18.1. The number of fused-ring (bicyclic) bond motifs is 1. The van der Waals surface area contributed by atoms with E-state index in [1.807, 2.05) is 0 Å². The predicted molar refractivity (Wildman–Crippen MR) is 120 cm³/mol. The van der Waals surface area contributed by atoms with Gasteiger partial charge >= 0.3 is 6.09 Å². The number of benzene rings is 1. The fourth-order valence-corrected chi connectivity index (χ4v) is 5.12. The van der Waals surface area contributed by atoms with E-state index in [0.29, 0.717) is 47.8 Å². The van der Waals surface area contributed by atoms with Crippen molar-refractivity contribution >= 4 is 28.8 Å². The maximum Gasteiger partial charge on any atom is 0.409 e. The third kappa shape index (κ3) is 5.53. The van der Waals surface area contributed by atoms with Crippen LogP contribution in [0.4, 0.5) is 9.18 Å². The predicted octanol–water partition coefficient (Wildman–Crippen LogP) is 3.33. The minimum Gasteiger partial charge on any atom is -0.493 e. The van der Waals surface area contributed by atoms with Crippen LogP contribution < -0.4 is 10.3 Å². The Balaban J connectivity index is 1.40. The molecule has 2 saturated heterocycles. The largest absolute Gasteiger partial charge is 0.493 e. The van der Waals surface area contributed by atoms with Crippen LogP contribution in [0, 0.1) is 11.7 Å². The highest BCUT2D eigenvalue weighted by atomic mass is 32.2. The summed E-state index contributed by atoms with van der Waals surface area (Å²) in [6, 6.07) is 2.86. The number of carbonyl (C=O) groups excluding carboxylic acids is 1. The van der Waals surface area contributed by atoms with E-state index < -0.39 is 11.4 Å². The van der Waals surface area contributed by atoms with Gasteiger partial charge < -0.3 is 24.1 Å². The molecule has 0 spiro atoms. The summed E-state index contributed by atoms with van der Waals surface area (Å²) in [4.78, 5) is 32.9. The summed E-state index contributed by atoms with van der Waals surface area (Å²) in [5, 5.41) is 0.422. The Morgan fingerprint density at radius 2 is 2.03 bits per heavy atom. The molecule has 174 valence electrons. The number of aromatic nitrogens is 2. The summed E-state index contributed by atoms with van der Waals surface area (Å²) in [6.07, 6.45) is 3.22. The third-order valence-electron chi connectivity index (χ3n) is 5.94. The molecule has 32 heavy (non-hydrogen) atoms. The van der Waals surface area contributed by atoms with Gasteiger partial charge in [-0.1, -0.05) is 0 Å². The van der Waals surface area contributed by atoms with Crippen LogP contribution >= 0.6 is 11.8 Å². The van der Waals surface area contributed by atoms with Gasteiger partial charge in [-0.25, -0.2) is 14.2 Å². The number of nitrogens with one attached hydrogen (secondary N) is 1. The van der Waals surface area contributed by atoms with Crippen LogP contribution in [0.3, 0.4) is 0 Å². The number of likely N-dealkylation sites (tertiary alicyclic amines) is 1. The number of nitrogens with zero attached hydrogens (tertiary/aromatic N) is 2. The summed E-state index contributed by atoms with van der Waals surface area (Å²) in [6.45, 7) is 3.14. The number of H-pyrrole nitrogens is 1. The van der Waals surface area contributed by atoms with Gasteiger partial charge in [0.25, 0.3) is 5.56 Å². The van der Waals surface area contributed by atoms with E-state index in [1.165, 1.54) is 13.2 Å². The molecule has 0 aliphatic carbocycles. The van der Waals surface area contributed by atoms with Gasteiger partial charge in [0.15, 0.2) is 0 Å². The Labute approximate surface area is 189 Å². The number of halogens is 1. The standard InChI is InChI=1S/C22H28FN3O5S/c1-29-22(28)26-6-2-14(3-7-26)12-31-15-10-17(23)20-18(11-15)24-19(25-21(20)27)13-32-16-4-8-30-9-5-16/h10-11,14,16H,2-9,12-13H2,1H3,(H,24,25,27). The number of ether oxygens (including phenoxy) is 3. The fraction of sp³-hybridized carbons (Fsp3) is 0.591. The Bertz CT molecular complexity index is 1000. The van der Waals surface area contributed by atoms with Crippen LogP contribution in [-0.4, -0.2) is 66.2 Å². The topological polar surface area (TPSA) is 93.8 Å². The van der Waals surface area contributed by atoms with Crippen LogP contribution in [-0.2, 0) is 15.2 Å². The maximum absolute atomic E-state index is 14.6. The quantitative estimate of drug-likeness (QED) is 0.699. The summed E-state index contributed by atoms with van der Waals surface area (Å²) < 4.78 is 30.6. The van der Waals surface area contributed by atoms with Crippen molar-refractivity contribution in [1.82, 2.24) is 14.9 Å². The molecule has 2 aliphatic heterocycles. The summed E-state index contributed by atoms with van der Waals surface area (Å²) >= 11 is 1.73. The Morgan fingerprint density at radius 1 is 1.28 bits per heavy atom. The average molecular weight is 466 g/mol. The van der Waals surface area contributed by atoms with Crippen LogP contribution in [0.15, 0.2) is 16.9 Å². The van der Waals surface area contributed by atoms with Crippen LogP contribution in [0.25, 0.3) is 10.9 Å². The van der Waals surface area contributed by atoms with Crippen molar-refractivity contribution in [3.8, 4) is 5.75 Å². The van der Waals surface area contributed by atoms with Gasteiger partial charge in [-0.05, 0) is 31.6 Å². The first-order valence-electron chi connectivity index (χ1n) is 10.9. The molecule has 1 amide bonds. The zero-order valence-corrected chi connectivity index (χ0v) is 18.9. The lowest BCUT2D eigenvalue weighted by Crippen LogP contribution is -2.39. The monoisotopic (exact) mass is 465 g/mol. The molecular weight excluding hydrogens is 437 g/mol. The molecule has 1 aromatic carbocycles. The van der Waals surface area contributed by atoms with E-state index in [9.17, 15) is 14.0 Å². The van der Waals surface area contributed by atoms with Crippen molar-refractivity contribution < 1.29 is 23.4 Å². The average Bonchev–Trinajstić information content (AvgIpc) is 2.81. The number of piperidine rings is 1. The van der Waals surface area contributed by atoms with E-state index in [1.54, 1.807) is 22.7 Å². The Morgan fingerprint density at radius 3 is 2.75 bits per heavy atom. The molecule has 1 N–H and O–H groups in total. The SMILES string of the molecule is COC(=O)N1CCC(COc2cc(F)c3c(=O)[nH]c(CSC4CCOCC4)nc3c2)CC1. The lowest BCUT2D eigenvalue weighted by atomic mass is 9.98. The highest BCUT2D eigenvalue weighted by Gasteiger charge is 2.24. The van der Waals surface area contributed by atoms with Gasteiger partial charge in [0.2, 0.25) is 0 Å². The minimum absolute atomic E-state index is 0.0523. The lowest BCUT2D eigenvalue weighted by molar-refractivity contribution is 0.0964. The molecule has 2 aliphatic rings. The minimum atomic E-state index is -0.643. The molecule has 0 unspecified atom stereocenters. The molecule has 0 bridgehead atoms. The van der Waals surface area contributed by atoms with E-state index in [-0.39, 0.29) is 17.4 Å². The number of carbonyl (C=O) groups is 1. The second kappa shape index (κ2) is 10.5. The van der Waals surface area contributed by atoms with Crippen molar-refractivity contribution in [3.63, 3.8) is 0 Å². The Kier molecular flexibility index (Phi) is 7.51. The maximum atomic E-state index is 14.6. The molecule has 2 aromatic rings. The molecule has 0 atom stereocenters. The van der Waals surface area contributed by atoms with Crippen molar-refractivity contribution in [2.45, 2.75) is 36.7 Å². The number of aromatic amines is 1. The summed E-state index contributed by atoms with van der Waals surface area (Å²) in [7, 11) is 1.37. The van der Waals surface area contributed by atoms with E-state index in [2.05, 4.69) is 9.97 Å². The zero-order chi connectivity index (χ0) is 22.5. The van der Waals surface area contributed by atoms with Crippen molar-refractivity contribution in [2.75, 3.05) is 40.0 Å². The normalized spacial score (nSPS) is 18.1. The van der Waals surface area contributed by atoms with Gasteiger partial charge in [-0.2, -0.15) is 11.8 Å². The third-order valence-corrected chi connectivity index (χ3v) is 7.32. The van der Waals surface area contributed by atoms with E-state index in [0.717, 1.165) is 38.9 Å². The first-order chi connectivity index (χ1) is 15.5. The Hall–Kier alpha value is -2.33. The number of hydrogen-bond donors (Lipinski definition) is 1. The molecule has 0 radical (unpaired) electrons. The molecule has 4 rings (SSSR count). The smallest absolute Gasteiger partial charge is 0.409 e. The number of thioether (sulfide) groups is 1. The molecule has 3 heterocycles. The first-order valence-corrected chi connectivity index (χ1v) is 12.0. The summed E-state index contributed by atoms with van der Waals surface area (Å²) in [5.41, 5.74) is -0.177. The molecule has 8 nitrogen and oxygen atoms in total. The van der Waals surface area contributed by atoms with Gasteiger partial charge in [0.05, 0.1) is 25.0 Å². The molecule has 1 aromatic heterocycles. The van der Waals surface area contributed by atoms with Crippen molar-refractivity contribution in [1.29, 1.82) is 0 Å². The first kappa shape index (κ1) is 22.8. The van der Waals surface area contributed by atoms with E-state index >= 15 is 0 Å². The van der Waals surface area contributed by atoms with Crippen LogP contribution in [0.1, 0.15) is 31.5 Å². The van der Waals surface area contributed by atoms with Crippen molar-refractivity contribution in [2.24, 2.45) is 5.92 Å². The van der Waals surface area contributed by atoms with Crippen LogP contribution in [0.5, 0.6) is 5.75 Å². The lowest BCUT2D eigenvalue weighted by Gasteiger charge is -2.30. The summed E-state index contributed by atoms with van der Waals surface area (Å²) in [5.74, 6) is 1.06.